The van der Waals surface area contributed by atoms with Crippen LogP contribution in [0.5, 0.6) is 0 Å². The number of aromatic nitrogens is 1. The molecule has 0 aliphatic heterocycles. The molecule has 0 radical (unpaired) electrons. The van der Waals surface area contributed by atoms with Gasteiger partial charge in [0.1, 0.15) is 5.82 Å². The molecule has 104 valence electrons. The number of amides is 1. The maximum absolute atomic E-state index is 13.0. The van der Waals surface area contributed by atoms with Crippen LogP contribution in [0.4, 0.5) is 4.39 Å². The monoisotopic (exact) mass is 265 g/mol. The largest absolute Gasteiger partial charge is 0.351 e. The molecule has 1 aliphatic carbocycles. The van der Waals surface area contributed by atoms with Gasteiger partial charge in [0.2, 0.25) is 0 Å². The number of rotatable bonds is 4. The molecule has 1 fully saturated rings. The molecule has 1 aromatic rings. The summed E-state index contributed by atoms with van der Waals surface area (Å²) in [5, 5.41) is 2.86. The smallest absolute Gasteiger partial charge is 0.252 e. The first-order valence-electron chi connectivity index (χ1n) is 6.74. The highest BCUT2D eigenvalue weighted by Gasteiger charge is 2.31. The lowest BCUT2D eigenvalue weighted by Crippen LogP contribution is -2.43. The third-order valence-corrected chi connectivity index (χ3v) is 3.94. The van der Waals surface area contributed by atoms with E-state index in [1.165, 1.54) is 18.7 Å². The standard InChI is InChI=1S/C14H20FN3O/c15-12-6-11(7-17-8-12)13(19)18-10-14(9-16)4-2-1-3-5-14/h6-8H,1-5,9-10,16H2,(H,18,19). The lowest BCUT2D eigenvalue weighted by molar-refractivity contribution is 0.0913. The summed E-state index contributed by atoms with van der Waals surface area (Å²) in [6.07, 6.45) is 8.11. The van der Waals surface area contributed by atoms with Gasteiger partial charge in [0.25, 0.3) is 5.91 Å². The number of nitrogens with zero attached hydrogens (tertiary/aromatic N) is 1. The fraction of sp³-hybridized carbons (Fsp3) is 0.571. The van der Waals surface area contributed by atoms with E-state index in [0.29, 0.717) is 13.1 Å². The normalized spacial score (nSPS) is 18.0. The topological polar surface area (TPSA) is 68.0 Å². The van der Waals surface area contributed by atoms with Crippen molar-refractivity contribution in [2.75, 3.05) is 13.1 Å². The van der Waals surface area contributed by atoms with Gasteiger partial charge >= 0.3 is 0 Å². The number of carbonyl (C=O) groups excluding carboxylic acids is 1. The number of halogens is 1. The van der Waals surface area contributed by atoms with Gasteiger partial charge in [0, 0.05) is 12.7 Å². The molecule has 0 saturated heterocycles. The summed E-state index contributed by atoms with van der Waals surface area (Å²) in [6, 6.07) is 1.19. The van der Waals surface area contributed by atoms with E-state index in [0.717, 1.165) is 31.9 Å². The van der Waals surface area contributed by atoms with Crippen molar-refractivity contribution in [2.45, 2.75) is 32.1 Å². The first-order chi connectivity index (χ1) is 9.15. The molecule has 1 aromatic heterocycles. The van der Waals surface area contributed by atoms with Crippen molar-refractivity contribution in [1.29, 1.82) is 0 Å². The van der Waals surface area contributed by atoms with E-state index in [1.807, 2.05) is 0 Å². The van der Waals surface area contributed by atoms with Crippen LogP contribution < -0.4 is 11.1 Å². The molecule has 2 rings (SSSR count). The zero-order valence-electron chi connectivity index (χ0n) is 11.0. The Bertz CT molecular complexity index is 444. The summed E-state index contributed by atoms with van der Waals surface area (Å²) in [7, 11) is 0. The zero-order valence-corrected chi connectivity index (χ0v) is 11.0. The predicted octanol–water partition coefficient (Wildman–Crippen LogP) is 1.86. The summed E-state index contributed by atoms with van der Waals surface area (Å²) < 4.78 is 13.0. The van der Waals surface area contributed by atoms with E-state index in [-0.39, 0.29) is 16.9 Å². The van der Waals surface area contributed by atoms with Gasteiger partial charge in [-0.2, -0.15) is 0 Å². The third kappa shape index (κ3) is 3.50. The van der Waals surface area contributed by atoms with E-state index in [4.69, 9.17) is 5.73 Å². The Kier molecular flexibility index (Phi) is 4.47. The molecule has 0 aromatic carbocycles. The molecule has 5 heteroatoms. The van der Waals surface area contributed by atoms with Crippen LogP contribution in [-0.2, 0) is 0 Å². The van der Waals surface area contributed by atoms with Gasteiger partial charge < -0.3 is 11.1 Å². The van der Waals surface area contributed by atoms with Crippen molar-refractivity contribution in [1.82, 2.24) is 10.3 Å². The van der Waals surface area contributed by atoms with E-state index in [2.05, 4.69) is 10.3 Å². The highest BCUT2D eigenvalue weighted by Crippen LogP contribution is 2.34. The van der Waals surface area contributed by atoms with Crippen LogP contribution in [-0.4, -0.2) is 24.0 Å². The maximum Gasteiger partial charge on any atom is 0.252 e. The van der Waals surface area contributed by atoms with Crippen LogP contribution in [0.2, 0.25) is 0 Å². The van der Waals surface area contributed by atoms with E-state index < -0.39 is 5.82 Å². The van der Waals surface area contributed by atoms with Gasteiger partial charge in [0.15, 0.2) is 0 Å². The van der Waals surface area contributed by atoms with Crippen LogP contribution >= 0.6 is 0 Å². The van der Waals surface area contributed by atoms with Crippen molar-refractivity contribution in [2.24, 2.45) is 11.1 Å². The van der Waals surface area contributed by atoms with E-state index in [9.17, 15) is 9.18 Å². The third-order valence-electron chi connectivity index (χ3n) is 3.94. The molecule has 1 heterocycles. The highest BCUT2D eigenvalue weighted by atomic mass is 19.1. The molecule has 4 nitrogen and oxygen atoms in total. The molecule has 1 saturated carbocycles. The second-order valence-electron chi connectivity index (χ2n) is 5.34. The molecule has 19 heavy (non-hydrogen) atoms. The minimum atomic E-state index is -0.501. The van der Waals surface area contributed by atoms with E-state index in [1.54, 1.807) is 0 Å². The number of hydrogen-bond donors (Lipinski definition) is 2. The fourth-order valence-electron chi connectivity index (χ4n) is 2.66. The van der Waals surface area contributed by atoms with Crippen molar-refractivity contribution in [3.63, 3.8) is 0 Å². The number of nitrogens with one attached hydrogen (secondary N) is 1. The van der Waals surface area contributed by atoms with E-state index >= 15 is 0 Å². The Morgan fingerprint density at radius 1 is 1.37 bits per heavy atom. The molecular formula is C14H20FN3O. The Morgan fingerprint density at radius 2 is 2.11 bits per heavy atom. The Hall–Kier alpha value is -1.49. The zero-order chi connectivity index (χ0) is 13.7. The second-order valence-corrected chi connectivity index (χ2v) is 5.34. The lowest BCUT2D eigenvalue weighted by Gasteiger charge is -2.36. The Labute approximate surface area is 112 Å². The molecule has 3 N–H and O–H groups in total. The molecule has 0 bridgehead atoms. The second kappa shape index (κ2) is 6.10. The van der Waals surface area contributed by atoms with Gasteiger partial charge in [-0.3, -0.25) is 9.78 Å². The summed E-state index contributed by atoms with van der Waals surface area (Å²) >= 11 is 0. The van der Waals surface area contributed by atoms with Gasteiger partial charge in [0.05, 0.1) is 11.8 Å². The molecular weight excluding hydrogens is 245 g/mol. The molecule has 0 unspecified atom stereocenters. The summed E-state index contributed by atoms with van der Waals surface area (Å²) in [4.78, 5) is 15.6. The minimum Gasteiger partial charge on any atom is -0.351 e. The quantitative estimate of drug-likeness (QED) is 0.873. The number of pyridine rings is 1. The van der Waals surface area contributed by atoms with Gasteiger partial charge in [-0.25, -0.2) is 4.39 Å². The maximum atomic E-state index is 13.0. The van der Waals surface area contributed by atoms with Crippen molar-refractivity contribution < 1.29 is 9.18 Å². The predicted molar refractivity (Wildman–Crippen MR) is 71.1 cm³/mol. The first kappa shape index (κ1) is 13.9. The van der Waals surface area contributed by atoms with Crippen molar-refractivity contribution >= 4 is 5.91 Å². The van der Waals surface area contributed by atoms with Crippen LogP contribution in [0.3, 0.4) is 0 Å². The highest BCUT2D eigenvalue weighted by molar-refractivity contribution is 5.93. The summed E-state index contributed by atoms with van der Waals surface area (Å²) in [6.45, 7) is 1.13. The molecule has 0 atom stereocenters. The SMILES string of the molecule is NCC1(CNC(=O)c2cncc(F)c2)CCCCC1. The average Bonchev–Trinajstić information content (AvgIpc) is 2.46. The van der Waals surface area contributed by atoms with Crippen molar-refractivity contribution in [3.05, 3.63) is 29.8 Å². The minimum absolute atomic E-state index is 0.00859. The fourth-order valence-corrected chi connectivity index (χ4v) is 2.66. The van der Waals surface area contributed by atoms with Crippen LogP contribution in [0, 0.1) is 11.2 Å². The summed E-state index contributed by atoms with van der Waals surface area (Å²) in [5.74, 6) is -0.788. The Balaban J connectivity index is 1.95. The average molecular weight is 265 g/mol. The first-order valence-corrected chi connectivity index (χ1v) is 6.74. The van der Waals surface area contributed by atoms with Crippen LogP contribution in [0.15, 0.2) is 18.5 Å². The number of nitrogens with two attached hydrogens (primary N) is 1. The summed E-state index contributed by atoms with van der Waals surface area (Å²) in [5.41, 5.74) is 6.12. The van der Waals surface area contributed by atoms with Crippen LogP contribution in [0.25, 0.3) is 0 Å². The van der Waals surface area contributed by atoms with Gasteiger partial charge in [-0.15, -0.1) is 0 Å². The Morgan fingerprint density at radius 3 is 2.74 bits per heavy atom. The van der Waals surface area contributed by atoms with Gasteiger partial charge in [-0.1, -0.05) is 19.3 Å². The number of hydrogen-bond acceptors (Lipinski definition) is 3. The lowest BCUT2D eigenvalue weighted by atomic mass is 9.74. The number of carbonyl (C=O) groups is 1. The van der Waals surface area contributed by atoms with Gasteiger partial charge in [-0.05, 0) is 30.9 Å². The molecule has 1 amide bonds. The molecule has 0 spiro atoms. The van der Waals surface area contributed by atoms with Crippen LogP contribution in [0.1, 0.15) is 42.5 Å². The van der Waals surface area contributed by atoms with Crippen molar-refractivity contribution in [3.8, 4) is 0 Å². The molecule has 1 aliphatic rings.